The molecular formula is C20H23ClN4O2. The molecule has 27 heavy (non-hydrogen) atoms. The number of carbonyl (C=O) groups excluding carboxylic acids is 2. The van der Waals surface area contributed by atoms with Crippen LogP contribution in [0.15, 0.2) is 36.5 Å². The third kappa shape index (κ3) is 3.77. The fourth-order valence-electron chi connectivity index (χ4n) is 4.21. The van der Waals surface area contributed by atoms with Crippen molar-refractivity contribution in [3.05, 3.63) is 52.8 Å². The lowest BCUT2D eigenvalue weighted by Crippen LogP contribution is -2.36. The van der Waals surface area contributed by atoms with Gasteiger partial charge in [0.05, 0.1) is 0 Å². The third-order valence-electron chi connectivity index (χ3n) is 5.69. The number of Topliss-reactive ketones (excluding diaryl/α,β-unsaturated/α-hetero) is 1. The fraction of sp³-hybridized carbons (Fsp3) is 0.450. The summed E-state index contributed by atoms with van der Waals surface area (Å²) in [7, 11) is 0. The van der Waals surface area contributed by atoms with Gasteiger partial charge in [0.2, 0.25) is 0 Å². The van der Waals surface area contributed by atoms with Crippen molar-refractivity contribution in [1.82, 2.24) is 19.6 Å². The van der Waals surface area contributed by atoms with Gasteiger partial charge in [0.1, 0.15) is 5.69 Å². The summed E-state index contributed by atoms with van der Waals surface area (Å²) in [6, 6.07) is 9.45. The van der Waals surface area contributed by atoms with Crippen LogP contribution >= 0.6 is 11.6 Å². The topological polar surface area (TPSA) is 58.4 Å². The predicted molar refractivity (Wildman–Crippen MR) is 103 cm³/mol. The smallest absolute Gasteiger partial charge is 0.322 e. The zero-order valence-electron chi connectivity index (χ0n) is 15.4. The van der Waals surface area contributed by atoms with Gasteiger partial charge in [-0.05, 0) is 43.1 Å². The molecule has 2 aromatic rings. The highest BCUT2D eigenvalue weighted by Gasteiger charge is 2.44. The van der Waals surface area contributed by atoms with Crippen LogP contribution in [-0.4, -0.2) is 57.6 Å². The van der Waals surface area contributed by atoms with Crippen molar-refractivity contribution in [3.8, 4) is 0 Å². The molecule has 2 fully saturated rings. The molecule has 1 spiro atoms. The summed E-state index contributed by atoms with van der Waals surface area (Å²) in [6.07, 6.45) is 3.68. The first-order valence-electron chi connectivity index (χ1n) is 9.27. The Morgan fingerprint density at radius 2 is 1.85 bits per heavy atom. The number of rotatable bonds is 3. The molecule has 2 aliphatic rings. The summed E-state index contributed by atoms with van der Waals surface area (Å²) in [5, 5.41) is 4.86. The van der Waals surface area contributed by atoms with E-state index in [0.717, 1.165) is 50.6 Å². The van der Waals surface area contributed by atoms with Gasteiger partial charge in [-0.1, -0.05) is 23.7 Å². The van der Waals surface area contributed by atoms with E-state index in [-0.39, 0.29) is 17.2 Å². The Morgan fingerprint density at radius 3 is 2.56 bits per heavy atom. The Balaban J connectivity index is 1.37. The first-order chi connectivity index (χ1) is 12.9. The largest absolute Gasteiger partial charge is 0.344 e. The number of hydrogen-bond donors (Lipinski definition) is 0. The van der Waals surface area contributed by atoms with Crippen LogP contribution in [0.5, 0.6) is 0 Å². The summed E-state index contributed by atoms with van der Waals surface area (Å²) >= 11 is 5.96. The summed E-state index contributed by atoms with van der Waals surface area (Å²) < 4.78 is 1.29. The molecule has 6 nitrogen and oxygen atoms in total. The first-order valence-corrected chi connectivity index (χ1v) is 9.65. The second-order valence-electron chi connectivity index (χ2n) is 7.74. The van der Waals surface area contributed by atoms with E-state index in [4.69, 9.17) is 11.6 Å². The number of ketones is 1. The van der Waals surface area contributed by atoms with Crippen LogP contribution in [0.4, 0.5) is 4.79 Å². The summed E-state index contributed by atoms with van der Waals surface area (Å²) in [5.41, 5.74) is 1.75. The van der Waals surface area contributed by atoms with Crippen molar-refractivity contribution < 1.29 is 9.59 Å². The van der Waals surface area contributed by atoms with E-state index in [1.54, 1.807) is 12.3 Å². The molecule has 7 heteroatoms. The van der Waals surface area contributed by atoms with E-state index < -0.39 is 0 Å². The number of carbonyl (C=O) groups is 2. The SMILES string of the molecule is CC(=O)c1ccn(C(=O)N2CCC3(CCN(Cc4ccc(Cl)cc4)C3)C2)n1. The van der Waals surface area contributed by atoms with Crippen LogP contribution in [0.2, 0.25) is 5.02 Å². The highest BCUT2D eigenvalue weighted by atomic mass is 35.5. The molecule has 1 aromatic carbocycles. The molecule has 1 aromatic heterocycles. The van der Waals surface area contributed by atoms with E-state index in [2.05, 4.69) is 22.1 Å². The fourth-order valence-corrected chi connectivity index (χ4v) is 4.33. The Hall–Kier alpha value is -2.18. The van der Waals surface area contributed by atoms with Gasteiger partial charge in [0.25, 0.3) is 0 Å². The Labute approximate surface area is 163 Å². The van der Waals surface area contributed by atoms with Crippen LogP contribution in [0, 0.1) is 5.41 Å². The van der Waals surface area contributed by atoms with Crippen LogP contribution in [0.1, 0.15) is 35.8 Å². The van der Waals surface area contributed by atoms with Gasteiger partial charge in [-0.3, -0.25) is 9.69 Å². The number of amides is 1. The zero-order valence-corrected chi connectivity index (χ0v) is 16.2. The van der Waals surface area contributed by atoms with Crippen molar-refractivity contribution in [2.24, 2.45) is 5.41 Å². The quantitative estimate of drug-likeness (QED) is 0.759. The van der Waals surface area contributed by atoms with Crippen molar-refractivity contribution in [2.75, 3.05) is 26.2 Å². The number of aromatic nitrogens is 2. The molecule has 4 rings (SSSR count). The predicted octanol–water partition coefficient (Wildman–Crippen LogP) is 3.31. The van der Waals surface area contributed by atoms with Gasteiger partial charge in [-0.25, -0.2) is 4.79 Å². The van der Waals surface area contributed by atoms with Crippen molar-refractivity contribution in [3.63, 3.8) is 0 Å². The maximum absolute atomic E-state index is 12.7. The number of halogens is 1. The Kier molecular flexibility index (Phi) is 4.78. The monoisotopic (exact) mass is 386 g/mol. The maximum Gasteiger partial charge on any atom is 0.344 e. The second-order valence-corrected chi connectivity index (χ2v) is 8.18. The number of hydrogen-bond acceptors (Lipinski definition) is 4. The molecule has 3 heterocycles. The van der Waals surface area contributed by atoms with E-state index in [1.165, 1.54) is 17.2 Å². The standard InChI is InChI=1S/C20H23ClN4O2/c1-15(26)18-6-9-25(22-18)19(27)24-11-8-20(14-24)7-10-23(13-20)12-16-2-4-17(21)5-3-16/h2-6,9H,7-8,10-14H2,1H3. The lowest BCUT2D eigenvalue weighted by molar-refractivity contribution is 0.101. The molecular weight excluding hydrogens is 364 g/mol. The minimum atomic E-state index is -0.143. The Bertz CT molecular complexity index is 863. The number of likely N-dealkylation sites (tertiary alicyclic amines) is 2. The molecule has 1 amide bonds. The minimum absolute atomic E-state index is 0.131. The lowest BCUT2D eigenvalue weighted by Gasteiger charge is -2.24. The van der Waals surface area contributed by atoms with Crippen molar-refractivity contribution in [1.29, 1.82) is 0 Å². The van der Waals surface area contributed by atoms with Crippen LogP contribution in [-0.2, 0) is 6.54 Å². The van der Waals surface area contributed by atoms with Gasteiger partial charge in [0.15, 0.2) is 5.78 Å². The van der Waals surface area contributed by atoms with Gasteiger partial charge >= 0.3 is 6.03 Å². The molecule has 0 radical (unpaired) electrons. The highest BCUT2D eigenvalue weighted by Crippen LogP contribution is 2.40. The van der Waals surface area contributed by atoms with Crippen LogP contribution < -0.4 is 0 Å². The van der Waals surface area contributed by atoms with E-state index in [9.17, 15) is 9.59 Å². The number of benzene rings is 1. The second kappa shape index (κ2) is 7.09. The zero-order chi connectivity index (χ0) is 19.0. The minimum Gasteiger partial charge on any atom is -0.322 e. The van der Waals surface area contributed by atoms with Gasteiger partial charge in [-0.15, -0.1) is 0 Å². The normalized spacial score (nSPS) is 22.7. The Morgan fingerprint density at radius 1 is 1.11 bits per heavy atom. The molecule has 0 bridgehead atoms. The van der Waals surface area contributed by atoms with E-state index in [1.807, 2.05) is 17.0 Å². The first kappa shape index (κ1) is 18.2. The molecule has 2 saturated heterocycles. The average molecular weight is 387 g/mol. The van der Waals surface area contributed by atoms with Crippen molar-refractivity contribution >= 4 is 23.4 Å². The van der Waals surface area contributed by atoms with Gasteiger partial charge in [0, 0.05) is 49.7 Å². The molecule has 1 atom stereocenters. The third-order valence-corrected chi connectivity index (χ3v) is 5.94. The van der Waals surface area contributed by atoms with Crippen LogP contribution in [0.25, 0.3) is 0 Å². The van der Waals surface area contributed by atoms with E-state index >= 15 is 0 Å². The summed E-state index contributed by atoms with van der Waals surface area (Å²) in [4.78, 5) is 28.4. The molecule has 142 valence electrons. The lowest BCUT2D eigenvalue weighted by atomic mass is 9.86. The van der Waals surface area contributed by atoms with Gasteiger partial charge in [-0.2, -0.15) is 9.78 Å². The number of nitrogens with zero attached hydrogens (tertiary/aromatic N) is 4. The highest BCUT2D eigenvalue weighted by molar-refractivity contribution is 6.30. The molecule has 2 aliphatic heterocycles. The summed E-state index contributed by atoms with van der Waals surface area (Å²) in [6.45, 7) is 5.89. The maximum atomic E-state index is 12.7. The molecule has 0 N–H and O–H groups in total. The van der Waals surface area contributed by atoms with E-state index in [0.29, 0.717) is 5.69 Å². The van der Waals surface area contributed by atoms with Crippen molar-refractivity contribution in [2.45, 2.75) is 26.3 Å². The van der Waals surface area contributed by atoms with Gasteiger partial charge < -0.3 is 4.90 Å². The van der Waals surface area contributed by atoms with Crippen LogP contribution in [0.3, 0.4) is 0 Å². The summed E-state index contributed by atoms with van der Waals surface area (Å²) in [5.74, 6) is -0.131. The molecule has 1 unspecified atom stereocenters. The molecule has 0 saturated carbocycles. The average Bonchev–Trinajstić information content (AvgIpc) is 3.38. The molecule has 0 aliphatic carbocycles.